The van der Waals surface area contributed by atoms with Crippen LogP contribution in [0, 0.1) is 12.8 Å². The fourth-order valence-electron chi connectivity index (χ4n) is 2.65. The standard InChI is InChI=1S/C19H20N2O5S/c1-10-14(19(24)26-3)18(21-16(22)11-8-9-11)27-15(10)17(23)20-12-6-4-5-7-13(12)25-2/h4-7,11H,8-9H2,1-3H3,(H,20,23)(H,21,22). The zero-order chi connectivity index (χ0) is 19.6. The first-order chi connectivity index (χ1) is 13.0. The Morgan fingerprint density at radius 2 is 1.81 bits per heavy atom. The molecular weight excluding hydrogens is 368 g/mol. The average molecular weight is 388 g/mol. The predicted molar refractivity (Wildman–Crippen MR) is 103 cm³/mol. The van der Waals surface area contributed by atoms with E-state index < -0.39 is 5.97 Å². The highest BCUT2D eigenvalue weighted by molar-refractivity contribution is 7.19. The Kier molecular flexibility index (Phi) is 5.46. The second-order valence-corrected chi connectivity index (χ2v) is 7.19. The Morgan fingerprint density at radius 1 is 1.11 bits per heavy atom. The molecule has 1 aliphatic carbocycles. The molecule has 0 saturated heterocycles. The lowest BCUT2D eigenvalue weighted by Crippen LogP contribution is -2.15. The molecule has 1 aliphatic rings. The summed E-state index contributed by atoms with van der Waals surface area (Å²) in [5.74, 6) is -0.623. The highest BCUT2D eigenvalue weighted by Crippen LogP contribution is 2.37. The lowest BCUT2D eigenvalue weighted by Gasteiger charge is -2.09. The van der Waals surface area contributed by atoms with E-state index in [2.05, 4.69) is 10.6 Å². The van der Waals surface area contributed by atoms with E-state index in [4.69, 9.17) is 9.47 Å². The van der Waals surface area contributed by atoms with Crippen LogP contribution in [0.25, 0.3) is 0 Å². The van der Waals surface area contributed by atoms with E-state index in [0.29, 0.717) is 26.9 Å². The Balaban J connectivity index is 1.92. The van der Waals surface area contributed by atoms with Gasteiger partial charge >= 0.3 is 5.97 Å². The number of para-hydroxylation sites is 2. The summed E-state index contributed by atoms with van der Waals surface area (Å²) < 4.78 is 10.1. The minimum atomic E-state index is -0.591. The minimum absolute atomic E-state index is 0.0243. The van der Waals surface area contributed by atoms with Crippen LogP contribution in [0.5, 0.6) is 5.75 Å². The highest BCUT2D eigenvalue weighted by atomic mass is 32.1. The summed E-state index contributed by atoms with van der Waals surface area (Å²) in [6.07, 6.45) is 1.68. The number of anilines is 2. The average Bonchev–Trinajstić information content (AvgIpc) is 3.46. The minimum Gasteiger partial charge on any atom is -0.495 e. The van der Waals surface area contributed by atoms with E-state index in [1.54, 1.807) is 31.2 Å². The molecule has 0 radical (unpaired) electrons. The van der Waals surface area contributed by atoms with E-state index >= 15 is 0 Å². The molecule has 2 aromatic rings. The fourth-order valence-corrected chi connectivity index (χ4v) is 3.75. The SMILES string of the molecule is COC(=O)c1c(NC(=O)C2CC2)sc(C(=O)Nc2ccccc2OC)c1C. The van der Waals surface area contributed by atoms with Gasteiger partial charge in [-0.2, -0.15) is 0 Å². The summed E-state index contributed by atoms with van der Waals surface area (Å²) in [4.78, 5) is 37.4. The van der Waals surface area contributed by atoms with Crippen molar-refractivity contribution in [2.45, 2.75) is 19.8 Å². The van der Waals surface area contributed by atoms with Gasteiger partial charge in [-0.05, 0) is 37.5 Å². The molecule has 7 nitrogen and oxygen atoms in total. The van der Waals surface area contributed by atoms with Gasteiger partial charge in [-0.25, -0.2) is 4.79 Å². The summed E-state index contributed by atoms with van der Waals surface area (Å²) in [7, 11) is 2.78. The number of hydrogen-bond donors (Lipinski definition) is 2. The number of carbonyl (C=O) groups excluding carboxylic acids is 3. The summed E-state index contributed by atoms with van der Waals surface area (Å²) in [5.41, 5.74) is 1.19. The molecule has 1 fully saturated rings. The van der Waals surface area contributed by atoms with Crippen LogP contribution in [0.3, 0.4) is 0 Å². The summed E-state index contributed by atoms with van der Waals surface area (Å²) in [6, 6.07) is 7.03. The van der Waals surface area contributed by atoms with Crippen LogP contribution in [-0.2, 0) is 9.53 Å². The van der Waals surface area contributed by atoms with Crippen LogP contribution in [0.1, 0.15) is 38.4 Å². The third kappa shape index (κ3) is 3.95. The first-order valence-electron chi connectivity index (χ1n) is 8.43. The van der Waals surface area contributed by atoms with Gasteiger partial charge in [0.2, 0.25) is 5.91 Å². The first-order valence-corrected chi connectivity index (χ1v) is 9.24. The van der Waals surface area contributed by atoms with Crippen molar-refractivity contribution in [3.8, 4) is 5.75 Å². The van der Waals surface area contributed by atoms with Gasteiger partial charge in [0.15, 0.2) is 0 Å². The molecule has 1 saturated carbocycles. The van der Waals surface area contributed by atoms with Gasteiger partial charge in [-0.1, -0.05) is 12.1 Å². The Labute approximate surface area is 160 Å². The molecule has 0 bridgehead atoms. The Bertz CT molecular complexity index is 902. The molecule has 1 heterocycles. The topological polar surface area (TPSA) is 93.7 Å². The molecule has 3 rings (SSSR count). The number of thiophene rings is 1. The van der Waals surface area contributed by atoms with Crippen molar-refractivity contribution in [1.29, 1.82) is 0 Å². The van der Waals surface area contributed by atoms with Gasteiger partial charge in [-0.3, -0.25) is 9.59 Å². The number of nitrogens with one attached hydrogen (secondary N) is 2. The molecule has 0 spiro atoms. The Hall–Kier alpha value is -2.87. The van der Waals surface area contributed by atoms with Crippen LogP contribution in [-0.4, -0.2) is 32.0 Å². The zero-order valence-corrected chi connectivity index (χ0v) is 16.1. The number of hydrogen-bond acceptors (Lipinski definition) is 6. The van der Waals surface area contributed by atoms with Crippen molar-refractivity contribution in [2.75, 3.05) is 24.9 Å². The molecule has 0 unspecified atom stereocenters. The second-order valence-electron chi connectivity index (χ2n) is 6.17. The lowest BCUT2D eigenvalue weighted by atomic mass is 10.1. The van der Waals surface area contributed by atoms with E-state index in [9.17, 15) is 14.4 Å². The van der Waals surface area contributed by atoms with E-state index in [-0.39, 0.29) is 23.3 Å². The van der Waals surface area contributed by atoms with Crippen molar-refractivity contribution in [3.05, 3.63) is 40.3 Å². The number of rotatable bonds is 6. The maximum atomic E-state index is 12.8. The molecule has 1 aromatic heterocycles. The van der Waals surface area contributed by atoms with E-state index in [1.165, 1.54) is 14.2 Å². The Morgan fingerprint density at radius 3 is 2.44 bits per heavy atom. The molecule has 0 atom stereocenters. The smallest absolute Gasteiger partial charge is 0.341 e. The highest BCUT2D eigenvalue weighted by Gasteiger charge is 2.32. The number of benzene rings is 1. The second kappa shape index (κ2) is 7.79. The number of ether oxygens (including phenoxy) is 2. The summed E-state index contributed by atoms with van der Waals surface area (Å²) in [6.45, 7) is 1.66. The van der Waals surface area contributed by atoms with Crippen molar-refractivity contribution in [3.63, 3.8) is 0 Å². The molecule has 27 heavy (non-hydrogen) atoms. The fraction of sp³-hybridized carbons (Fsp3) is 0.316. The number of amides is 2. The normalized spacial score (nSPS) is 13.0. The van der Waals surface area contributed by atoms with Gasteiger partial charge in [0.05, 0.1) is 30.3 Å². The number of esters is 1. The van der Waals surface area contributed by atoms with Crippen LogP contribution in [0.4, 0.5) is 10.7 Å². The van der Waals surface area contributed by atoms with Gasteiger partial charge in [0, 0.05) is 5.92 Å². The molecule has 0 aliphatic heterocycles. The van der Waals surface area contributed by atoms with Crippen molar-refractivity contribution in [1.82, 2.24) is 0 Å². The van der Waals surface area contributed by atoms with Crippen LogP contribution < -0.4 is 15.4 Å². The largest absolute Gasteiger partial charge is 0.495 e. The van der Waals surface area contributed by atoms with Gasteiger partial charge < -0.3 is 20.1 Å². The third-order valence-electron chi connectivity index (χ3n) is 4.28. The van der Waals surface area contributed by atoms with Crippen LogP contribution in [0.15, 0.2) is 24.3 Å². The maximum Gasteiger partial charge on any atom is 0.341 e. The van der Waals surface area contributed by atoms with Crippen molar-refractivity contribution in [2.24, 2.45) is 5.92 Å². The molecule has 2 N–H and O–H groups in total. The molecule has 1 aromatic carbocycles. The molecule has 8 heteroatoms. The van der Waals surface area contributed by atoms with Gasteiger partial charge in [0.25, 0.3) is 5.91 Å². The van der Waals surface area contributed by atoms with Gasteiger partial charge in [-0.15, -0.1) is 11.3 Å². The van der Waals surface area contributed by atoms with Crippen molar-refractivity contribution < 1.29 is 23.9 Å². The summed E-state index contributed by atoms with van der Waals surface area (Å²) >= 11 is 1.06. The number of carbonyl (C=O) groups is 3. The lowest BCUT2D eigenvalue weighted by molar-refractivity contribution is -0.117. The third-order valence-corrected chi connectivity index (χ3v) is 5.49. The number of methoxy groups -OCH3 is 2. The molecule has 142 valence electrons. The quantitative estimate of drug-likeness (QED) is 0.739. The zero-order valence-electron chi connectivity index (χ0n) is 15.3. The maximum absolute atomic E-state index is 12.8. The van der Waals surface area contributed by atoms with E-state index in [0.717, 1.165) is 24.2 Å². The molecule has 2 amide bonds. The first kappa shape index (κ1) is 18.9. The van der Waals surface area contributed by atoms with Crippen molar-refractivity contribution >= 4 is 39.8 Å². The summed E-state index contributed by atoms with van der Waals surface area (Å²) in [5, 5.41) is 5.89. The van der Waals surface area contributed by atoms with Crippen LogP contribution >= 0.6 is 11.3 Å². The predicted octanol–water partition coefficient (Wildman–Crippen LogP) is 3.45. The van der Waals surface area contributed by atoms with E-state index in [1.807, 2.05) is 0 Å². The van der Waals surface area contributed by atoms with Gasteiger partial charge in [0.1, 0.15) is 10.8 Å². The molecular formula is C19H20N2O5S. The monoisotopic (exact) mass is 388 g/mol. The van der Waals surface area contributed by atoms with Crippen LogP contribution in [0.2, 0.25) is 0 Å².